The van der Waals surface area contributed by atoms with Crippen molar-refractivity contribution in [3.8, 4) is 17.1 Å². The normalized spacial score (nSPS) is 15.0. The Balaban J connectivity index is 1.30. The fourth-order valence-electron chi connectivity index (χ4n) is 3.13. The van der Waals surface area contributed by atoms with E-state index in [1.807, 2.05) is 66.4 Å². The first-order valence-corrected chi connectivity index (χ1v) is 9.26. The maximum Gasteiger partial charge on any atom is 0.324 e. The van der Waals surface area contributed by atoms with Crippen molar-refractivity contribution in [3.05, 3.63) is 60.2 Å². The maximum absolute atomic E-state index is 11.2. The minimum absolute atomic E-state index is 0.0259. The van der Waals surface area contributed by atoms with Crippen LogP contribution in [0.5, 0.6) is 5.75 Å². The average molecular weight is 378 g/mol. The first kappa shape index (κ1) is 18.0. The molecule has 0 spiro atoms. The number of nitrogens with one attached hydrogen (secondary N) is 1. The van der Waals surface area contributed by atoms with Crippen LogP contribution in [-0.2, 0) is 4.79 Å². The van der Waals surface area contributed by atoms with Crippen molar-refractivity contribution in [3.63, 3.8) is 0 Å². The second kappa shape index (κ2) is 7.72. The van der Waals surface area contributed by atoms with Gasteiger partial charge in [0.2, 0.25) is 11.7 Å². The van der Waals surface area contributed by atoms with E-state index in [-0.39, 0.29) is 18.1 Å². The van der Waals surface area contributed by atoms with Crippen LogP contribution in [0.15, 0.2) is 59.1 Å². The van der Waals surface area contributed by atoms with Gasteiger partial charge in [-0.25, -0.2) is 0 Å². The van der Waals surface area contributed by atoms with E-state index in [0.717, 1.165) is 16.9 Å². The summed E-state index contributed by atoms with van der Waals surface area (Å²) < 4.78 is 11.4. The van der Waals surface area contributed by atoms with Crippen LogP contribution in [0.25, 0.3) is 11.4 Å². The number of ether oxygens (including phenoxy) is 1. The van der Waals surface area contributed by atoms with Gasteiger partial charge in [-0.15, -0.1) is 0 Å². The number of aromatic nitrogens is 2. The topological polar surface area (TPSA) is 80.5 Å². The van der Waals surface area contributed by atoms with Crippen molar-refractivity contribution in [2.75, 3.05) is 18.0 Å². The highest BCUT2D eigenvalue weighted by atomic mass is 16.5. The van der Waals surface area contributed by atoms with E-state index in [1.54, 1.807) is 0 Å². The Bertz CT molecular complexity index is 934. The van der Waals surface area contributed by atoms with Crippen LogP contribution in [0.4, 0.5) is 6.01 Å². The summed E-state index contributed by atoms with van der Waals surface area (Å²) in [7, 11) is 0. The summed E-state index contributed by atoms with van der Waals surface area (Å²) in [5.74, 6) is 1.35. The van der Waals surface area contributed by atoms with Crippen molar-refractivity contribution in [1.82, 2.24) is 15.5 Å². The van der Waals surface area contributed by atoms with Crippen LogP contribution in [0.1, 0.15) is 25.5 Å². The highest BCUT2D eigenvalue weighted by Crippen LogP contribution is 2.26. The van der Waals surface area contributed by atoms with Crippen LogP contribution in [0.2, 0.25) is 0 Å². The number of anilines is 1. The summed E-state index contributed by atoms with van der Waals surface area (Å²) in [6, 6.07) is 18.0. The second-order valence-corrected chi connectivity index (χ2v) is 6.90. The van der Waals surface area contributed by atoms with Crippen molar-refractivity contribution in [2.24, 2.45) is 0 Å². The van der Waals surface area contributed by atoms with Crippen molar-refractivity contribution in [1.29, 1.82) is 0 Å². The molecule has 0 bridgehead atoms. The second-order valence-electron chi connectivity index (χ2n) is 6.90. The van der Waals surface area contributed by atoms with Gasteiger partial charge in [0, 0.05) is 12.5 Å². The van der Waals surface area contributed by atoms with Gasteiger partial charge in [0.05, 0.1) is 19.1 Å². The van der Waals surface area contributed by atoms with Gasteiger partial charge >= 0.3 is 6.01 Å². The van der Waals surface area contributed by atoms with Crippen LogP contribution < -0.4 is 15.0 Å². The standard InChI is InChI=1S/C21H22N4O3/c1-14(22-15(2)26)16-8-10-18(11-9-16)27-19-12-25(13-19)21-23-20(24-28-21)17-6-4-3-5-7-17/h3-11,14,19H,12-13H2,1-2H3,(H,22,26)/t14-/m0/s1. The molecule has 0 radical (unpaired) electrons. The Kier molecular flexibility index (Phi) is 4.97. The largest absolute Gasteiger partial charge is 0.487 e. The number of benzene rings is 2. The Morgan fingerprint density at radius 2 is 1.89 bits per heavy atom. The van der Waals surface area contributed by atoms with Gasteiger partial charge in [-0.1, -0.05) is 47.6 Å². The zero-order valence-electron chi connectivity index (χ0n) is 15.8. The minimum atomic E-state index is -0.0427. The molecule has 1 fully saturated rings. The Hall–Kier alpha value is -3.35. The molecule has 4 rings (SSSR count). The number of carbonyl (C=O) groups is 1. The Morgan fingerprint density at radius 3 is 2.57 bits per heavy atom. The van der Waals surface area contributed by atoms with E-state index < -0.39 is 0 Å². The lowest BCUT2D eigenvalue weighted by Gasteiger charge is -2.37. The Labute approximate surface area is 163 Å². The molecule has 0 aliphatic carbocycles. The fraction of sp³-hybridized carbons (Fsp3) is 0.286. The monoisotopic (exact) mass is 378 g/mol. The molecule has 1 aliphatic rings. The number of hydrogen-bond acceptors (Lipinski definition) is 6. The summed E-state index contributed by atoms with van der Waals surface area (Å²) in [6.07, 6.45) is 0.0747. The van der Waals surface area contributed by atoms with Gasteiger partial charge in [-0.05, 0) is 24.6 Å². The smallest absolute Gasteiger partial charge is 0.324 e. The molecule has 0 unspecified atom stereocenters. The zero-order valence-corrected chi connectivity index (χ0v) is 15.8. The molecule has 28 heavy (non-hydrogen) atoms. The molecular formula is C21H22N4O3. The summed E-state index contributed by atoms with van der Waals surface area (Å²) in [5, 5.41) is 6.92. The zero-order chi connectivity index (χ0) is 19.5. The van der Waals surface area contributed by atoms with Gasteiger partial charge in [0.1, 0.15) is 11.9 Å². The first-order valence-electron chi connectivity index (χ1n) is 9.26. The third kappa shape index (κ3) is 3.98. The SMILES string of the molecule is CC(=O)N[C@@H](C)c1ccc(OC2CN(c3nc(-c4ccccc4)no3)C2)cc1. The van der Waals surface area contributed by atoms with E-state index in [9.17, 15) is 4.79 Å². The Morgan fingerprint density at radius 1 is 1.18 bits per heavy atom. The molecule has 2 aromatic carbocycles. The van der Waals surface area contributed by atoms with Crippen molar-refractivity contribution >= 4 is 11.9 Å². The van der Waals surface area contributed by atoms with Gasteiger partial charge in [0.25, 0.3) is 0 Å². The third-order valence-corrected chi connectivity index (χ3v) is 4.67. The maximum atomic E-state index is 11.2. The molecule has 2 heterocycles. The molecule has 1 aromatic heterocycles. The van der Waals surface area contributed by atoms with E-state index in [4.69, 9.17) is 9.26 Å². The highest BCUT2D eigenvalue weighted by molar-refractivity contribution is 5.73. The first-order chi connectivity index (χ1) is 13.6. The van der Waals surface area contributed by atoms with Gasteiger partial charge in [-0.3, -0.25) is 4.79 Å². The molecule has 1 atom stereocenters. The molecule has 144 valence electrons. The van der Waals surface area contributed by atoms with Crippen LogP contribution in [0.3, 0.4) is 0 Å². The van der Waals surface area contributed by atoms with E-state index in [2.05, 4.69) is 15.5 Å². The minimum Gasteiger partial charge on any atom is -0.487 e. The highest BCUT2D eigenvalue weighted by Gasteiger charge is 2.32. The number of hydrogen-bond donors (Lipinski definition) is 1. The van der Waals surface area contributed by atoms with E-state index in [0.29, 0.717) is 24.9 Å². The molecule has 7 heteroatoms. The molecule has 1 amide bonds. The molecule has 0 saturated carbocycles. The lowest BCUT2D eigenvalue weighted by Crippen LogP contribution is -2.54. The summed E-state index contributed by atoms with van der Waals surface area (Å²) in [6.45, 7) is 4.86. The summed E-state index contributed by atoms with van der Waals surface area (Å²) >= 11 is 0. The van der Waals surface area contributed by atoms with Crippen LogP contribution >= 0.6 is 0 Å². The fourth-order valence-corrected chi connectivity index (χ4v) is 3.13. The molecule has 1 N–H and O–H groups in total. The van der Waals surface area contributed by atoms with Crippen LogP contribution in [0, 0.1) is 0 Å². The molecule has 1 saturated heterocycles. The third-order valence-electron chi connectivity index (χ3n) is 4.67. The van der Waals surface area contributed by atoms with Gasteiger partial charge in [-0.2, -0.15) is 4.98 Å². The summed E-state index contributed by atoms with van der Waals surface area (Å²) in [4.78, 5) is 17.6. The number of rotatable bonds is 6. The predicted octanol–water partition coefficient (Wildman–Crippen LogP) is 3.20. The lowest BCUT2D eigenvalue weighted by molar-refractivity contribution is -0.119. The van der Waals surface area contributed by atoms with E-state index >= 15 is 0 Å². The van der Waals surface area contributed by atoms with Crippen molar-refractivity contribution in [2.45, 2.75) is 26.0 Å². The lowest BCUT2D eigenvalue weighted by atomic mass is 10.1. The van der Waals surface area contributed by atoms with Crippen LogP contribution in [-0.4, -0.2) is 35.2 Å². The van der Waals surface area contributed by atoms with E-state index in [1.165, 1.54) is 6.92 Å². The quantitative estimate of drug-likeness (QED) is 0.709. The van der Waals surface area contributed by atoms with Gasteiger partial charge < -0.3 is 19.5 Å². The molecule has 7 nitrogen and oxygen atoms in total. The molecule has 1 aliphatic heterocycles. The molecule has 3 aromatic rings. The van der Waals surface area contributed by atoms with Gasteiger partial charge in [0.15, 0.2) is 0 Å². The predicted molar refractivity (Wildman–Crippen MR) is 105 cm³/mol. The number of nitrogens with zero attached hydrogens (tertiary/aromatic N) is 3. The average Bonchev–Trinajstić information content (AvgIpc) is 3.14. The van der Waals surface area contributed by atoms with Crippen molar-refractivity contribution < 1.29 is 14.1 Å². The number of amides is 1. The number of carbonyl (C=O) groups excluding carboxylic acids is 1. The molecular weight excluding hydrogens is 356 g/mol. The summed E-state index contributed by atoms with van der Waals surface area (Å²) in [5.41, 5.74) is 1.97.